The van der Waals surface area contributed by atoms with Crippen LogP contribution in [0.2, 0.25) is 5.02 Å². The molecule has 0 amide bonds. The summed E-state index contributed by atoms with van der Waals surface area (Å²) in [6, 6.07) is 0.274. The minimum atomic E-state index is 0.274. The first-order valence-corrected chi connectivity index (χ1v) is 5.81. The number of anilines is 2. The zero-order valence-corrected chi connectivity index (χ0v) is 11.1. The summed E-state index contributed by atoms with van der Waals surface area (Å²) in [5.41, 5.74) is 2.39. The summed E-state index contributed by atoms with van der Waals surface area (Å²) in [4.78, 5) is 10.2. The monoisotopic (exact) mass is 258 g/mol. The lowest BCUT2D eigenvalue weighted by Gasteiger charge is -2.18. The van der Waals surface area contributed by atoms with Crippen molar-refractivity contribution in [3.05, 3.63) is 11.2 Å². The Morgan fingerprint density at radius 3 is 2.82 bits per heavy atom. The van der Waals surface area contributed by atoms with Crippen LogP contribution < -0.4 is 16.6 Å². The lowest BCUT2D eigenvalue weighted by Crippen LogP contribution is -2.24. The lowest BCUT2D eigenvalue weighted by atomic mass is 10.2. The van der Waals surface area contributed by atoms with E-state index in [2.05, 4.69) is 32.5 Å². The molecule has 6 nitrogen and oxygen atoms in total. The Hall–Kier alpha value is -1.11. The predicted molar refractivity (Wildman–Crippen MR) is 71.1 cm³/mol. The number of hydrogen-bond acceptors (Lipinski definition) is 6. The van der Waals surface area contributed by atoms with Crippen molar-refractivity contribution in [1.29, 1.82) is 0 Å². The van der Waals surface area contributed by atoms with E-state index in [1.54, 1.807) is 0 Å². The molecule has 4 N–H and O–H groups in total. The van der Waals surface area contributed by atoms with Crippen molar-refractivity contribution in [2.24, 2.45) is 5.84 Å². The zero-order valence-electron chi connectivity index (χ0n) is 10.4. The van der Waals surface area contributed by atoms with Crippen LogP contribution in [0.25, 0.3) is 0 Å². The summed E-state index contributed by atoms with van der Waals surface area (Å²) in [5, 5.41) is 3.72. The number of halogens is 1. The van der Waals surface area contributed by atoms with Crippen molar-refractivity contribution in [3.63, 3.8) is 0 Å². The number of hydrazine groups is 1. The normalized spacial score (nSPS) is 12.6. The van der Waals surface area contributed by atoms with Crippen LogP contribution in [0.15, 0.2) is 6.20 Å². The largest absolute Gasteiger partial charge is 0.366 e. The summed E-state index contributed by atoms with van der Waals surface area (Å²) in [6.45, 7) is 3.08. The van der Waals surface area contributed by atoms with Gasteiger partial charge < -0.3 is 10.2 Å². The summed E-state index contributed by atoms with van der Waals surface area (Å²) in [5.74, 6) is 6.19. The van der Waals surface area contributed by atoms with Crippen LogP contribution >= 0.6 is 11.6 Å². The maximum absolute atomic E-state index is 5.99. The molecule has 1 unspecified atom stereocenters. The second kappa shape index (κ2) is 6.58. The third kappa shape index (κ3) is 4.72. The second-order valence-electron chi connectivity index (χ2n) is 4.17. The third-order valence-corrected chi connectivity index (χ3v) is 2.54. The van der Waals surface area contributed by atoms with E-state index >= 15 is 0 Å². The molecule has 0 spiro atoms. The minimum Gasteiger partial charge on any atom is -0.366 e. The summed E-state index contributed by atoms with van der Waals surface area (Å²) < 4.78 is 0. The first kappa shape index (κ1) is 14.0. The Labute approximate surface area is 107 Å². The van der Waals surface area contributed by atoms with E-state index < -0.39 is 0 Å². The Morgan fingerprint density at radius 1 is 1.53 bits per heavy atom. The van der Waals surface area contributed by atoms with E-state index in [4.69, 9.17) is 17.4 Å². The molecule has 0 fully saturated rings. The molecule has 1 rings (SSSR count). The van der Waals surface area contributed by atoms with Crippen LogP contribution in [0.4, 0.5) is 11.8 Å². The van der Waals surface area contributed by atoms with Crippen LogP contribution in [0.1, 0.15) is 13.3 Å². The molecule has 0 aliphatic carbocycles. The maximum atomic E-state index is 5.99. The molecule has 7 heteroatoms. The molecular formula is C10H19ClN6. The number of nitrogens with two attached hydrogens (primary N) is 1. The van der Waals surface area contributed by atoms with Gasteiger partial charge in [0.1, 0.15) is 5.02 Å². The van der Waals surface area contributed by atoms with Crippen molar-refractivity contribution in [2.75, 3.05) is 31.4 Å². The molecule has 0 aliphatic heterocycles. The summed E-state index contributed by atoms with van der Waals surface area (Å²) in [6.07, 6.45) is 2.52. The van der Waals surface area contributed by atoms with Crippen molar-refractivity contribution in [1.82, 2.24) is 14.9 Å². The van der Waals surface area contributed by atoms with E-state index in [0.29, 0.717) is 16.8 Å². The number of nitrogen functional groups attached to an aromatic ring is 1. The molecule has 1 atom stereocenters. The fourth-order valence-electron chi connectivity index (χ4n) is 1.30. The van der Waals surface area contributed by atoms with Crippen LogP contribution in [0, 0.1) is 0 Å². The maximum Gasteiger partial charge on any atom is 0.239 e. The van der Waals surface area contributed by atoms with Gasteiger partial charge in [-0.15, -0.1) is 0 Å². The zero-order chi connectivity index (χ0) is 12.8. The Kier molecular flexibility index (Phi) is 5.40. The Morgan fingerprint density at radius 2 is 2.24 bits per heavy atom. The van der Waals surface area contributed by atoms with Crippen molar-refractivity contribution in [3.8, 4) is 0 Å². The fraction of sp³-hybridized carbons (Fsp3) is 0.600. The van der Waals surface area contributed by atoms with Gasteiger partial charge in [0, 0.05) is 6.04 Å². The summed E-state index contributed by atoms with van der Waals surface area (Å²) >= 11 is 5.99. The van der Waals surface area contributed by atoms with Gasteiger partial charge in [-0.1, -0.05) is 11.6 Å². The first-order valence-electron chi connectivity index (χ1n) is 5.43. The molecule has 0 aromatic carbocycles. The van der Waals surface area contributed by atoms with Crippen LogP contribution in [0.5, 0.6) is 0 Å². The molecule has 1 heterocycles. The van der Waals surface area contributed by atoms with E-state index in [0.717, 1.165) is 13.0 Å². The van der Waals surface area contributed by atoms with Gasteiger partial charge in [0.05, 0.1) is 6.20 Å². The lowest BCUT2D eigenvalue weighted by molar-refractivity contribution is 0.390. The van der Waals surface area contributed by atoms with Gasteiger partial charge in [0.2, 0.25) is 5.95 Å². The van der Waals surface area contributed by atoms with E-state index in [9.17, 15) is 0 Å². The number of nitrogens with zero attached hydrogens (tertiary/aromatic N) is 3. The molecular weight excluding hydrogens is 240 g/mol. The first-order chi connectivity index (χ1) is 8.02. The Balaban J connectivity index is 2.60. The average Bonchev–Trinajstić information content (AvgIpc) is 2.29. The number of aromatic nitrogens is 2. The highest BCUT2D eigenvalue weighted by Gasteiger charge is 2.08. The SMILES string of the molecule is CC(CCN(C)C)Nc1nc(NN)ncc1Cl. The fourth-order valence-corrected chi connectivity index (χ4v) is 1.44. The topological polar surface area (TPSA) is 79.1 Å². The van der Waals surface area contributed by atoms with Gasteiger partial charge in [0.25, 0.3) is 0 Å². The van der Waals surface area contributed by atoms with Crippen molar-refractivity contribution >= 4 is 23.4 Å². The van der Waals surface area contributed by atoms with Gasteiger partial charge in [0.15, 0.2) is 5.82 Å². The van der Waals surface area contributed by atoms with Crippen LogP contribution in [-0.2, 0) is 0 Å². The van der Waals surface area contributed by atoms with Gasteiger partial charge >= 0.3 is 0 Å². The van der Waals surface area contributed by atoms with E-state index in [1.807, 2.05) is 14.1 Å². The smallest absolute Gasteiger partial charge is 0.239 e. The molecule has 96 valence electrons. The molecule has 17 heavy (non-hydrogen) atoms. The highest BCUT2D eigenvalue weighted by atomic mass is 35.5. The predicted octanol–water partition coefficient (Wildman–Crippen LogP) is 1.17. The molecule has 0 bridgehead atoms. The number of hydrogen-bond donors (Lipinski definition) is 3. The van der Waals surface area contributed by atoms with Crippen LogP contribution in [-0.4, -0.2) is 41.5 Å². The molecule has 1 aromatic rings. The van der Waals surface area contributed by atoms with E-state index in [1.165, 1.54) is 6.20 Å². The van der Waals surface area contributed by atoms with Gasteiger partial charge in [-0.05, 0) is 34.0 Å². The number of rotatable bonds is 6. The van der Waals surface area contributed by atoms with Crippen molar-refractivity contribution in [2.45, 2.75) is 19.4 Å². The van der Waals surface area contributed by atoms with E-state index in [-0.39, 0.29) is 6.04 Å². The Bertz CT molecular complexity index is 357. The average molecular weight is 259 g/mol. The molecule has 0 saturated carbocycles. The standard InChI is InChI=1S/C10H19ClN6/c1-7(4-5-17(2)3)14-9-8(11)6-13-10(15-9)16-12/h6-7H,4-5,12H2,1-3H3,(H2,13,14,15,16). The summed E-state index contributed by atoms with van der Waals surface area (Å²) in [7, 11) is 4.08. The van der Waals surface area contributed by atoms with Crippen LogP contribution in [0.3, 0.4) is 0 Å². The molecule has 0 radical (unpaired) electrons. The minimum absolute atomic E-state index is 0.274. The second-order valence-corrected chi connectivity index (χ2v) is 4.58. The number of nitrogens with one attached hydrogen (secondary N) is 2. The third-order valence-electron chi connectivity index (χ3n) is 2.27. The molecule has 1 aromatic heterocycles. The highest BCUT2D eigenvalue weighted by molar-refractivity contribution is 6.32. The van der Waals surface area contributed by atoms with Gasteiger partial charge in [-0.3, -0.25) is 5.43 Å². The van der Waals surface area contributed by atoms with Gasteiger partial charge in [-0.2, -0.15) is 4.98 Å². The molecule has 0 aliphatic rings. The quantitative estimate of drug-likeness (QED) is 0.525. The highest BCUT2D eigenvalue weighted by Crippen LogP contribution is 2.20. The van der Waals surface area contributed by atoms with Crippen molar-refractivity contribution < 1.29 is 0 Å². The molecule has 0 saturated heterocycles. The van der Waals surface area contributed by atoms with Gasteiger partial charge in [-0.25, -0.2) is 10.8 Å².